The van der Waals surface area contributed by atoms with Crippen LogP contribution in [0.4, 0.5) is 5.69 Å². The van der Waals surface area contributed by atoms with Crippen LogP contribution in [0.25, 0.3) is 22.6 Å². The second-order valence-corrected chi connectivity index (χ2v) is 7.51. The molecule has 1 amide bonds. The summed E-state index contributed by atoms with van der Waals surface area (Å²) in [5, 5.41) is 2.83. The second-order valence-electron chi connectivity index (χ2n) is 6.65. The highest BCUT2D eigenvalue weighted by Crippen LogP contribution is 2.32. The van der Waals surface area contributed by atoms with Crippen molar-refractivity contribution in [2.75, 3.05) is 19.0 Å². The van der Waals surface area contributed by atoms with E-state index in [1.54, 1.807) is 25.3 Å². The number of nitrogens with one attached hydrogen (secondary N) is 1. The molecule has 7 heteroatoms. The van der Waals surface area contributed by atoms with Gasteiger partial charge in [0.25, 0.3) is 5.91 Å². The fourth-order valence-electron chi connectivity index (χ4n) is 2.99. The number of anilines is 1. The first-order chi connectivity index (χ1) is 14.5. The van der Waals surface area contributed by atoms with Crippen LogP contribution in [-0.2, 0) is 4.79 Å². The molecule has 0 saturated heterocycles. The van der Waals surface area contributed by atoms with Crippen molar-refractivity contribution in [3.63, 3.8) is 0 Å². The largest absolute Gasteiger partial charge is 0.496 e. The molecule has 1 aromatic heterocycles. The normalized spacial score (nSPS) is 10.8. The van der Waals surface area contributed by atoms with Gasteiger partial charge in [-0.3, -0.25) is 4.79 Å². The highest BCUT2D eigenvalue weighted by atomic mass is 79.9. The molecule has 3 aromatic carbocycles. The summed E-state index contributed by atoms with van der Waals surface area (Å²) < 4.78 is 17.5. The zero-order valence-corrected chi connectivity index (χ0v) is 18.0. The molecule has 0 radical (unpaired) electrons. The van der Waals surface area contributed by atoms with Gasteiger partial charge in [0.1, 0.15) is 17.0 Å². The Bertz CT molecular complexity index is 1220. The molecule has 6 nitrogen and oxygen atoms in total. The van der Waals surface area contributed by atoms with E-state index >= 15 is 0 Å². The molecule has 0 aliphatic carbocycles. The minimum absolute atomic E-state index is 0.0766. The van der Waals surface area contributed by atoms with Crippen molar-refractivity contribution in [3.05, 3.63) is 70.7 Å². The number of nitrogens with zero attached hydrogens (tertiary/aromatic N) is 1. The fraction of sp³-hybridized carbons (Fsp3) is 0.130. The molecule has 0 bridgehead atoms. The summed E-state index contributed by atoms with van der Waals surface area (Å²) in [7, 11) is 1.61. The Hall–Kier alpha value is -3.32. The number of rotatable bonds is 6. The van der Waals surface area contributed by atoms with Crippen LogP contribution in [0, 0.1) is 6.92 Å². The zero-order chi connectivity index (χ0) is 21.1. The van der Waals surface area contributed by atoms with E-state index in [0.717, 1.165) is 21.3 Å². The Labute approximate surface area is 182 Å². The van der Waals surface area contributed by atoms with E-state index in [1.807, 2.05) is 49.4 Å². The Balaban J connectivity index is 1.47. The van der Waals surface area contributed by atoms with Crippen LogP contribution in [0.5, 0.6) is 11.5 Å². The summed E-state index contributed by atoms with van der Waals surface area (Å²) in [6.45, 7) is 1.86. The van der Waals surface area contributed by atoms with Gasteiger partial charge in [0, 0.05) is 11.3 Å². The van der Waals surface area contributed by atoms with Crippen LogP contribution in [0.15, 0.2) is 69.6 Å². The third-order valence-electron chi connectivity index (χ3n) is 4.52. The highest BCUT2D eigenvalue weighted by Gasteiger charge is 2.12. The number of carbonyl (C=O) groups excluding carboxylic acids is 1. The predicted octanol–water partition coefficient (Wildman–Crippen LogP) is 5.59. The molecule has 1 heterocycles. The lowest BCUT2D eigenvalue weighted by molar-refractivity contribution is -0.118. The Morgan fingerprint density at radius 1 is 1.10 bits per heavy atom. The summed E-state index contributed by atoms with van der Waals surface area (Å²) >= 11 is 3.47. The van der Waals surface area contributed by atoms with Crippen LogP contribution in [0.2, 0.25) is 0 Å². The number of para-hydroxylation sites is 1. The van der Waals surface area contributed by atoms with Crippen molar-refractivity contribution in [1.82, 2.24) is 4.98 Å². The van der Waals surface area contributed by atoms with Gasteiger partial charge in [-0.2, -0.15) is 0 Å². The summed E-state index contributed by atoms with van der Waals surface area (Å²) in [5.41, 5.74) is 3.69. The summed E-state index contributed by atoms with van der Waals surface area (Å²) in [6.07, 6.45) is 0. The van der Waals surface area contributed by atoms with Gasteiger partial charge in [0.05, 0.1) is 11.6 Å². The number of fused-ring (bicyclic) bond motifs is 1. The van der Waals surface area contributed by atoms with E-state index in [1.165, 1.54) is 0 Å². The molecule has 4 aromatic rings. The van der Waals surface area contributed by atoms with Gasteiger partial charge in [-0.1, -0.05) is 18.2 Å². The number of benzene rings is 3. The molecule has 1 N–H and O–H groups in total. The molecule has 0 aliphatic heterocycles. The van der Waals surface area contributed by atoms with Gasteiger partial charge in [-0.25, -0.2) is 4.98 Å². The van der Waals surface area contributed by atoms with Gasteiger partial charge in [-0.05, 0) is 70.9 Å². The number of amides is 1. The van der Waals surface area contributed by atoms with Gasteiger partial charge >= 0.3 is 0 Å². The minimum atomic E-state index is -0.250. The summed E-state index contributed by atoms with van der Waals surface area (Å²) in [5.74, 6) is 1.66. The van der Waals surface area contributed by atoms with E-state index in [0.29, 0.717) is 28.4 Å². The summed E-state index contributed by atoms with van der Waals surface area (Å²) in [4.78, 5) is 16.8. The molecule has 0 aliphatic rings. The monoisotopic (exact) mass is 466 g/mol. The first kappa shape index (κ1) is 20.0. The highest BCUT2D eigenvalue weighted by molar-refractivity contribution is 9.10. The van der Waals surface area contributed by atoms with Gasteiger partial charge in [-0.15, -0.1) is 0 Å². The molecular weight excluding hydrogens is 448 g/mol. The first-order valence-electron chi connectivity index (χ1n) is 9.26. The summed E-state index contributed by atoms with van der Waals surface area (Å²) in [6, 6.07) is 18.5. The quantitative estimate of drug-likeness (QED) is 0.400. The van der Waals surface area contributed by atoms with Gasteiger partial charge < -0.3 is 19.2 Å². The fourth-order valence-corrected chi connectivity index (χ4v) is 3.53. The number of oxazole rings is 1. The second kappa shape index (κ2) is 8.59. The SMILES string of the molecule is COc1ccc(-c2nc3cc(NC(=O)COc4ccccc4C)ccc3o2)cc1Br. The van der Waals surface area contributed by atoms with Crippen LogP contribution < -0.4 is 14.8 Å². The van der Waals surface area contributed by atoms with E-state index in [9.17, 15) is 4.79 Å². The number of carbonyl (C=O) groups is 1. The maximum absolute atomic E-state index is 12.3. The van der Waals surface area contributed by atoms with Crippen LogP contribution in [-0.4, -0.2) is 24.6 Å². The minimum Gasteiger partial charge on any atom is -0.496 e. The predicted molar refractivity (Wildman–Crippen MR) is 119 cm³/mol. The Kier molecular flexibility index (Phi) is 5.72. The van der Waals surface area contributed by atoms with E-state index in [2.05, 4.69) is 26.2 Å². The molecule has 0 spiro atoms. The maximum Gasteiger partial charge on any atom is 0.262 e. The van der Waals surface area contributed by atoms with Crippen LogP contribution >= 0.6 is 15.9 Å². The number of hydrogen-bond donors (Lipinski definition) is 1. The van der Waals surface area contributed by atoms with Crippen molar-refractivity contribution < 1.29 is 18.7 Å². The number of aryl methyl sites for hydroxylation is 1. The number of ether oxygens (including phenoxy) is 2. The smallest absolute Gasteiger partial charge is 0.262 e. The van der Waals surface area contributed by atoms with Crippen molar-refractivity contribution in [2.24, 2.45) is 0 Å². The third-order valence-corrected chi connectivity index (χ3v) is 5.14. The standard InChI is InChI=1S/C23H19BrN2O4/c1-14-5-3-4-6-19(14)29-13-22(27)25-16-8-10-21-18(12-16)26-23(30-21)15-7-9-20(28-2)17(24)11-15/h3-12H,13H2,1-2H3,(H,25,27). The molecule has 0 atom stereocenters. The molecule has 0 saturated carbocycles. The Morgan fingerprint density at radius 3 is 2.70 bits per heavy atom. The molecule has 152 valence electrons. The van der Waals surface area contributed by atoms with Crippen molar-refractivity contribution in [3.8, 4) is 23.0 Å². The first-order valence-corrected chi connectivity index (χ1v) is 10.1. The lowest BCUT2D eigenvalue weighted by atomic mass is 10.2. The number of aromatic nitrogens is 1. The van der Waals surface area contributed by atoms with E-state index in [-0.39, 0.29) is 12.5 Å². The molecule has 30 heavy (non-hydrogen) atoms. The molecule has 4 rings (SSSR count). The number of halogens is 1. The van der Waals surface area contributed by atoms with Crippen molar-refractivity contribution in [1.29, 1.82) is 0 Å². The van der Waals surface area contributed by atoms with Gasteiger partial charge in [0.2, 0.25) is 5.89 Å². The van der Waals surface area contributed by atoms with Crippen LogP contribution in [0.1, 0.15) is 5.56 Å². The number of methoxy groups -OCH3 is 1. The Morgan fingerprint density at radius 2 is 1.93 bits per heavy atom. The lowest BCUT2D eigenvalue weighted by Crippen LogP contribution is -2.20. The zero-order valence-electron chi connectivity index (χ0n) is 16.4. The topological polar surface area (TPSA) is 73.6 Å². The van der Waals surface area contributed by atoms with E-state index < -0.39 is 0 Å². The van der Waals surface area contributed by atoms with Gasteiger partial charge in [0.15, 0.2) is 12.2 Å². The van der Waals surface area contributed by atoms with Crippen molar-refractivity contribution in [2.45, 2.75) is 6.92 Å². The third kappa shape index (κ3) is 4.31. The maximum atomic E-state index is 12.3. The average molecular weight is 467 g/mol. The molecular formula is C23H19BrN2O4. The molecule has 0 fully saturated rings. The lowest BCUT2D eigenvalue weighted by Gasteiger charge is -2.09. The number of hydrogen-bond acceptors (Lipinski definition) is 5. The average Bonchev–Trinajstić information content (AvgIpc) is 3.16. The molecule has 0 unspecified atom stereocenters. The van der Waals surface area contributed by atoms with Crippen molar-refractivity contribution >= 4 is 38.6 Å². The van der Waals surface area contributed by atoms with E-state index in [4.69, 9.17) is 13.9 Å². The van der Waals surface area contributed by atoms with Crippen LogP contribution in [0.3, 0.4) is 0 Å².